The Labute approximate surface area is 128 Å². The van der Waals surface area contributed by atoms with Gasteiger partial charge in [-0.2, -0.15) is 0 Å². The zero-order chi connectivity index (χ0) is 14.7. The summed E-state index contributed by atoms with van der Waals surface area (Å²) in [5, 5.41) is 4.59. The third-order valence-electron chi connectivity index (χ3n) is 4.17. The quantitative estimate of drug-likeness (QED) is 0.911. The van der Waals surface area contributed by atoms with Gasteiger partial charge in [0, 0.05) is 5.02 Å². The molecule has 1 fully saturated rings. The third-order valence-corrected chi connectivity index (χ3v) is 4.40. The number of nitrogens with one attached hydrogen (secondary N) is 2. The topological polar surface area (TPSA) is 57.8 Å². The lowest BCUT2D eigenvalue weighted by atomic mass is 9.89. The summed E-state index contributed by atoms with van der Waals surface area (Å²) in [7, 11) is 0. The molecule has 0 saturated heterocycles. The Bertz CT molecular complexity index is 677. The van der Waals surface area contributed by atoms with Crippen molar-refractivity contribution in [1.29, 1.82) is 0 Å². The van der Waals surface area contributed by atoms with Gasteiger partial charge in [0.25, 0.3) is 5.56 Å². The highest BCUT2D eigenvalue weighted by molar-refractivity contribution is 6.31. The van der Waals surface area contributed by atoms with Crippen LogP contribution in [0.2, 0.25) is 5.02 Å². The van der Waals surface area contributed by atoms with Crippen molar-refractivity contribution in [2.75, 3.05) is 6.54 Å². The Morgan fingerprint density at radius 1 is 1.29 bits per heavy atom. The maximum absolute atomic E-state index is 12.0. The number of hydrogen-bond donors (Lipinski definition) is 2. The number of rotatable bonds is 4. The average Bonchev–Trinajstić information content (AvgIpc) is 2.48. The summed E-state index contributed by atoms with van der Waals surface area (Å²) in [6.45, 7) is 1.59. The van der Waals surface area contributed by atoms with Crippen molar-refractivity contribution >= 4 is 22.5 Å². The summed E-state index contributed by atoms with van der Waals surface area (Å²) < 4.78 is 0. The number of aromatic amines is 1. The third kappa shape index (κ3) is 3.63. The number of halogens is 1. The zero-order valence-electron chi connectivity index (χ0n) is 12.0. The largest absolute Gasteiger partial charge is 0.310 e. The van der Waals surface area contributed by atoms with Gasteiger partial charge in [0.1, 0.15) is 5.82 Å². The van der Waals surface area contributed by atoms with Gasteiger partial charge in [0.2, 0.25) is 0 Å². The van der Waals surface area contributed by atoms with Gasteiger partial charge in [-0.1, -0.05) is 30.9 Å². The van der Waals surface area contributed by atoms with Crippen LogP contribution in [0, 0.1) is 5.92 Å². The molecule has 0 bridgehead atoms. The smallest absolute Gasteiger partial charge is 0.258 e. The fourth-order valence-corrected chi connectivity index (χ4v) is 3.20. The summed E-state index contributed by atoms with van der Waals surface area (Å²) in [6, 6.07) is 5.15. The summed E-state index contributed by atoms with van der Waals surface area (Å²) in [5.41, 5.74) is 0.548. The highest BCUT2D eigenvalue weighted by atomic mass is 35.5. The molecular weight excluding hydrogens is 286 g/mol. The Kier molecular flexibility index (Phi) is 4.56. The van der Waals surface area contributed by atoms with Crippen LogP contribution < -0.4 is 10.9 Å². The summed E-state index contributed by atoms with van der Waals surface area (Å²) in [5.74, 6) is 1.44. The van der Waals surface area contributed by atoms with Gasteiger partial charge >= 0.3 is 0 Å². The molecule has 2 N–H and O–H groups in total. The van der Waals surface area contributed by atoms with E-state index in [1.165, 1.54) is 32.1 Å². The van der Waals surface area contributed by atoms with E-state index in [0.717, 1.165) is 12.5 Å². The number of aromatic nitrogens is 2. The molecule has 0 unspecified atom stereocenters. The zero-order valence-corrected chi connectivity index (χ0v) is 12.7. The molecule has 3 rings (SSSR count). The van der Waals surface area contributed by atoms with Gasteiger partial charge in [-0.25, -0.2) is 4.98 Å². The first-order valence-electron chi connectivity index (χ1n) is 7.61. The summed E-state index contributed by atoms with van der Waals surface area (Å²) >= 11 is 5.96. The van der Waals surface area contributed by atoms with Crippen LogP contribution >= 0.6 is 11.6 Å². The monoisotopic (exact) mass is 305 g/mol. The van der Waals surface area contributed by atoms with E-state index < -0.39 is 0 Å². The average molecular weight is 306 g/mol. The van der Waals surface area contributed by atoms with Gasteiger partial charge in [-0.3, -0.25) is 4.79 Å². The maximum Gasteiger partial charge on any atom is 0.258 e. The Hall–Kier alpha value is -1.39. The van der Waals surface area contributed by atoms with Crippen LogP contribution in [-0.2, 0) is 6.54 Å². The molecule has 2 aromatic rings. The SMILES string of the molecule is O=c1[nH]c(CNCC2CCCCC2)nc2cc(Cl)ccc12. The number of fused-ring (bicyclic) bond motifs is 1. The minimum atomic E-state index is -0.105. The fraction of sp³-hybridized carbons (Fsp3) is 0.500. The summed E-state index contributed by atoms with van der Waals surface area (Å²) in [6.07, 6.45) is 6.68. The number of hydrogen-bond acceptors (Lipinski definition) is 3. The van der Waals surface area contributed by atoms with Crippen molar-refractivity contribution in [3.63, 3.8) is 0 Å². The molecule has 4 nitrogen and oxygen atoms in total. The van der Waals surface area contributed by atoms with Crippen LogP contribution in [0.4, 0.5) is 0 Å². The second-order valence-corrected chi connectivity index (χ2v) is 6.25. The first kappa shape index (κ1) is 14.5. The lowest BCUT2D eigenvalue weighted by Gasteiger charge is -2.21. The van der Waals surface area contributed by atoms with Gasteiger partial charge in [0.15, 0.2) is 0 Å². The first-order valence-corrected chi connectivity index (χ1v) is 7.99. The van der Waals surface area contributed by atoms with Crippen LogP contribution in [0.25, 0.3) is 10.9 Å². The van der Waals surface area contributed by atoms with E-state index >= 15 is 0 Å². The number of nitrogens with zero attached hydrogens (tertiary/aromatic N) is 1. The second kappa shape index (κ2) is 6.58. The van der Waals surface area contributed by atoms with Crippen molar-refractivity contribution < 1.29 is 0 Å². The molecule has 1 aromatic carbocycles. The van der Waals surface area contributed by atoms with Crippen LogP contribution in [0.3, 0.4) is 0 Å². The molecule has 21 heavy (non-hydrogen) atoms. The lowest BCUT2D eigenvalue weighted by molar-refractivity contribution is 0.341. The Balaban J connectivity index is 1.67. The van der Waals surface area contributed by atoms with Crippen molar-refractivity contribution in [2.24, 2.45) is 5.92 Å². The van der Waals surface area contributed by atoms with E-state index in [1.807, 2.05) is 0 Å². The molecule has 0 spiro atoms. The lowest BCUT2D eigenvalue weighted by Crippen LogP contribution is -2.26. The van der Waals surface area contributed by atoms with Gasteiger partial charge in [-0.05, 0) is 43.5 Å². The fourth-order valence-electron chi connectivity index (χ4n) is 3.03. The van der Waals surface area contributed by atoms with Crippen molar-refractivity contribution in [3.8, 4) is 0 Å². The van der Waals surface area contributed by atoms with E-state index in [-0.39, 0.29) is 5.56 Å². The molecule has 1 aromatic heterocycles. The van der Waals surface area contributed by atoms with Gasteiger partial charge in [-0.15, -0.1) is 0 Å². The molecule has 1 heterocycles. The summed E-state index contributed by atoms with van der Waals surface area (Å²) in [4.78, 5) is 19.3. The van der Waals surface area contributed by atoms with E-state index in [9.17, 15) is 4.79 Å². The van der Waals surface area contributed by atoms with E-state index in [1.54, 1.807) is 18.2 Å². The Morgan fingerprint density at radius 3 is 2.90 bits per heavy atom. The second-order valence-electron chi connectivity index (χ2n) is 5.81. The van der Waals surface area contributed by atoms with E-state index in [0.29, 0.717) is 28.3 Å². The molecule has 1 aliphatic rings. The van der Waals surface area contributed by atoms with Crippen molar-refractivity contribution in [1.82, 2.24) is 15.3 Å². The molecule has 0 aliphatic heterocycles. The molecule has 0 atom stereocenters. The van der Waals surface area contributed by atoms with Crippen LogP contribution in [0.5, 0.6) is 0 Å². The minimum absolute atomic E-state index is 0.105. The van der Waals surface area contributed by atoms with E-state index in [4.69, 9.17) is 11.6 Å². The van der Waals surface area contributed by atoms with Crippen molar-refractivity contribution in [2.45, 2.75) is 38.6 Å². The molecule has 0 amide bonds. The van der Waals surface area contributed by atoms with E-state index in [2.05, 4.69) is 15.3 Å². The molecule has 1 saturated carbocycles. The predicted octanol–water partition coefficient (Wildman–Crippen LogP) is 3.25. The highest BCUT2D eigenvalue weighted by Gasteiger charge is 2.13. The molecular formula is C16H20ClN3O. The predicted molar refractivity (Wildman–Crippen MR) is 85.7 cm³/mol. The molecule has 5 heteroatoms. The first-order chi connectivity index (χ1) is 10.2. The van der Waals surface area contributed by atoms with Crippen LogP contribution in [0.1, 0.15) is 37.9 Å². The van der Waals surface area contributed by atoms with Gasteiger partial charge < -0.3 is 10.3 Å². The normalized spacial score (nSPS) is 16.4. The minimum Gasteiger partial charge on any atom is -0.310 e. The molecule has 112 valence electrons. The van der Waals surface area contributed by atoms with Crippen molar-refractivity contribution in [3.05, 3.63) is 39.4 Å². The number of H-pyrrole nitrogens is 1. The van der Waals surface area contributed by atoms with Crippen LogP contribution in [-0.4, -0.2) is 16.5 Å². The highest BCUT2D eigenvalue weighted by Crippen LogP contribution is 2.22. The molecule has 0 radical (unpaired) electrons. The van der Waals surface area contributed by atoms with Gasteiger partial charge in [0.05, 0.1) is 17.4 Å². The number of benzene rings is 1. The standard InChI is InChI=1S/C16H20ClN3O/c17-12-6-7-13-14(8-12)19-15(20-16(13)21)10-18-9-11-4-2-1-3-5-11/h6-8,11,18H,1-5,9-10H2,(H,19,20,21). The van der Waals surface area contributed by atoms with Crippen LogP contribution in [0.15, 0.2) is 23.0 Å². The molecule has 1 aliphatic carbocycles. The Morgan fingerprint density at radius 2 is 2.10 bits per heavy atom. The maximum atomic E-state index is 12.0.